The number of carbonyl (C=O) groups excluding carboxylic acids is 2. The van der Waals surface area contributed by atoms with Crippen molar-refractivity contribution in [1.82, 2.24) is 29.5 Å². The molecule has 3 aromatic carbocycles. The highest BCUT2D eigenvalue weighted by Crippen LogP contribution is 2.41. The van der Waals surface area contributed by atoms with Crippen molar-refractivity contribution in [2.24, 2.45) is 20.7 Å². The van der Waals surface area contributed by atoms with Crippen LogP contribution in [-0.2, 0) is 9.59 Å². The number of fused-ring (bicyclic) bond motifs is 6. The normalized spacial score (nSPS) is 15.2. The van der Waals surface area contributed by atoms with E-state index in [1.165, 1.54) is 20.9 Å². The van der Waals surface area contributed by atoms with Gasteiger partial charge in [0, 0.05) is 61.1 Å². The Morgan fingerprint density at radius 2 is 1.08 bits per heavy atom. The maximum Gasteiger partial charge on any atom is 0.163 e. The first kappa shape index (κ1) is 44.8. The van der Waals surface area contributed by atoms with E-state index in [2.05, 4.69) is 57.6 Å². The Balaban J connectivity index is 0.000000181. The summed E-state index contributed by atoms with van der Waals surface area (Å²) in [6.07, 6.45) is 2.12. The van der Waals surface area contributed by atoms with Crippen molar-refractivity contribution in [1.29, 1.82) is 0 Å². The minimum absolute atomic E-state index is 0.00655. The lowest BCUT2D eigenvalue weighted by Crippen LogP contribution is -2.18. The van der Waals surface area contributed by atoms with Crippen LogP contribution in [0.2, 0.25) is 10.0 Å². The van der Waals surface area contributed by atoms with Gasteiger partial charge in [0.2, 0.25) is 0 Å². The molecule has 2 aliphatic heterocycles. The quantitative estimate of drug-likeness (QED) is 0.134. The molecule has 0 radical (unpaired) electrons. The lowest BCUT2D eigenvalue weighted by atomic mass is 9.99. The molecule has 0 bridgehead atoms. The van der Waals surface area contributed by atoms with Crippen molar-refractivity contribution in [2.75, 3.05) is 13.1 Å². The largest absolute Gasteiger partial charge is 0.324 e. The van der Waals surface area contributed by atoms with Gasteiger partial charge in [0.15, 0.2) is 17.4 Å². The van der Waals surface area contributed by atoms with Crippen molar-refractivity contribution < 1.29 is 9.59 Å². The summed E-state index contributed by atoms with van der Waals surface area (Å²) in [6, 6.07) is 22.4. The van der Waals surface area contributed by atoms with E-state index >= 15 is 0 Å². The molecule has 0 fully saturated rings. The number of ketones is 2. The SMILES string of the molecule is Cc1ccc(C=NCC(=O)C[C@@H]2N=C(c3ccc(Cl)cc3)c3c(sc(C)c3C)-n3c(C)nnc32)cc1.Cc1sc2c(c1C)C(c1ccc(Cl)cc1)=N[C@@H](CC(=O)CN)c1nnc(C)n1-2. The molecule has 6 heterocycles. The number of aliphatic imine (C=N–C) groups is 3. The van der Waals surface area contributed by atoms with Gasteiger partial charge < -0.3 is 5.73 Å². The average molecular weight is 930 g/mol. The molecule has 0 amide bonds. The van der Waals surface area contributed by atoms with E-state index in [4.69, 9.17) is 38.9 Å². The van der Waals surface area contributed by atoms with Gasteiger partial charge in [-0.15, -0.1) is 43.1 Å². The third kappa shape index (κ3) is 8.98. The minimum Gasteiger partial charge on any atom is -0.324 e. The van der Waals surface area contributed by atoms with Gasteiger partial charge in [0.25, 0.3) is 0 Å². The lowest BCUT2D eigenvalue weighted by Gasteiger charge is -2.12. The number of hydrogen-bond acceptors (Lipinski definition) is 12. The summed E-state index contributed by atoms with van der Waals surface area (Å²) in [5.74, 6) is 2.83. The van der Waals surface area contributed by atoms with Gasteiger partial charge in [0.1, 0.15) is 39.5 Å². The molecular weight excluding hydrogens is 884 g/mol. The second-order valence-corrected chi connectivity index (χ2v) is 19.2. The van der Waals surface area contributed by atoms with Crippen LogP contribution in [0.3, 0.4) is 0 Å². The number of rotatable bonds is 10. The van der Waals surface area contributed by atoms with Gasteiger partial charge in [-0.2, -0.15) is 0 Å². The number of aryl methyl sites for hydroxylation is 5. The summed E-state index contributed by atoms with van der Waals surface area (Å²) in [7, 11) is 0. The van der Waals surface area contributed by atoms with Crippen LogP contribution in [0.4, 0.5) is 0 Å². The van der Waals surface area contributed by atoms with Crippen molar-refractivity contribution in [3.63, 3.8) is 0 Å². The molecule has 7 aromatic rings. The fraction of sp³-hybridized carbons (Fsp3) is 0.271. The lowest BCUT2D eigenvalue weighted by molar-refractivity contribution is -0.118. The number of Topliss-reactive ketones (excluding diaryl/α,β-unsaturated/α-hetero) is 2. The van der Waals surface area contributed by atoms with Crippen molar-refractivity contribution in [2.45, 2.75) is 73.4 Å². The molecule has 16 heteroatoms. The third-order valence-corrected chi connectivity index (χ3v) is 14.3. The fourth-order valence-electron chi connectivity index (χ4n) is 7.75. The molecule has 4 aromatic heterocycles. The Bertz CT molecular complexity index is 2990. The molecule has 64 heavy (non-hydrogen) atoms. The van der Waals surface area contributed by atoms with Crippen molar-refractivity contribution in [3.05, 3.63) is 160 Å². The summed E-state index contributed by atoms with van der Waals surface area (Å²) < 4.78 is 4.08. The van der Waals surface area contributed by atoms with Gasteiger partial charge in [-0.25, -0.2) is 0 Å². The van der Waals surface area contributed by atoms with E-state index in [1.807, 2.05) is 98.1 Å². The monoisotopic (exact) mass is 928 g/mol. The molecular formula is C48H46Cl2N10O2S2. The maximum atomic E-state index is 13.0. The Kier molecular flexibility index (Phi) is 13.1. The molecule has 326 valence electrons. The number of thiophene rings is 2. The van der Waals surface area contributed by atoms with Gasteiger partial charge in [-0.1, -0.05) is 77.3 Å². The Labute approximate surface area is 389 Å². The highest BCUT2D eigenvalue weighted by molar-refractivity contribution is 7.15. The van der Waals surface area contributed by atoms with Crippen molar-refractivity contribution >= 4 is 75.1 Å². The fourth-order valence-corrected chi connectivity index (χ4v) is 10.4. The summed E-state index contributed by atoms with van der Waals surface area (Å²) in [5, 5.41) is 20.8. The number of halogens is 2. The van der Waals surface area contributed by atoms with Crippen LogP contribution < -0.4 is 5.73 Å². The number of nitrogens with zero attached hydrogens (tertiary/aromatic N) is 9. The first-order chi connectivity index (χ1) is 30.7. The zero-order valence-corrected chi connectivity index (χ0v) is 39.6. The minimum atomic E-state index is -0.474. The van der Waals surface area contributed by atoms with Crippen LogP contribution >= 0.6 is 45.9 Å². The number of benzene rings is 3. The summed E-state index contributed by atoms with van der Waals surface area (Å²) in [5.41, 5.74) is 15.7. The van der Waals surface area contributed by atoms with Crippen LogP contribution in [-0.4, -0.2) is 71.8 Å². The molecule has 9 rings (SSSR count). The van der Waals surface area contributed by atoms with E-state index in [1.54, 1.807) is 28.9 Å². The molecule has 2 aliphatic rings. The molecule has 0 unspecified atom stereocenters. The summed E-state index contributed by atoms with van der Waals surface area (Å²) >= 11 is 15.6. The van der Waals surface area contributed by atoms with E-state index < -0.39 is 12.1 Å². The molecule has 2 atom stereocenters. The molecule has 0 saturated carbocycles. The van der Waals surface area contributed by atoms with Gasteiger partial charge >= 0.3 is 0 Å². The third-order valence-electron chi connectivity index (χ3n) is 11.4. The topological polar surface area (TPSA) is 159 Å². The van der Waals surface area contributed by atoms with Crippen molar-refractivity contribution in [3.8, 4) is 10.0 Å². The highest BCUT2D eigenvalue weighted by atomic mass is 35.5. The number of hydrogen-bond donors (Lipinski definition) is 1. The Morgan fingerprint density at radius 1 is 0.641 bits per heavy atom. The second kappa shape index (κ2) is 18.8. The van der Waals surface area contributed by atoms with Crippen LogP contribution in [0.15, 0.2) is 87.8 Å². The summed E-state index contributed by atoms with van der Waals surface area (Å²) in [4.78, 5) is 42.2. The zero-order valence-electron chi connectivity index (χ0n) is 36.5. The average Bonchev–Trinajstić information content (AvgIpc) is 3.97. The molecule has 0 spiro atoms. The second-order valence-electron chi connectivity index (χ2n) is 15.9. The van der Waals surface area contributed by atoms with Gasteiger partial charge in [-0.3, -0.25) is 33.7 Å². The summed E-state index contributed by atoms with van der Waals surface area (Å²) in [6.45, 7) is 14.4. The zero-order chi connectivity index (χ0) is 45.4. The van der Waals surface area contributed by atoms with E-state index in [0.29, 0.717) is 21.7 Å². The van der Waals surface area contributed by atoms with Crippen LogP contribution in [0.5, 0.6) is 0 Å². The Hall–Kier alpha value is -5.77. The van der Waals surface area contributed by atoms with Crippen LogP contribution in [0.25, 0.3) is 10.0 Å². The van der Waals surface area contributed by atoms with Crippen LogP contribution in [0.1, 0.15) is 102 Å². The first-order valence-electron chi connectivity index (χ1n) is 20.7. The highest BCUT2D eigenvalue weighted by Gasteiger charge is 2.34. The maximum absolute atomic E-state index is 13.0. The number of carbonyl (C=O) groups is 2. The van der Waals surface area contributed by atoms with Gasteiger partial charge in [-0.05, 0) is 89.4 Å². The Morgan fingerprint density at radius 3 is 1.52 bits per heavy atom. The smallest absolute Gasteiger partial charge is 0.163 e. The number of nitrogens with two attached hydrogens (primary N) is 1. The standard InChI is InChI=1S/C28H26ClN5OS.C20H20ClN5OS/c1-16-5-7-20(8-6-16)14-30-15-23(35)13-24-27-33-32-19(4)34(27)28-25(17(2)18(3)36-28)26(31-24)21-9-11-22(29)12-10-21;1-10-11(2)28-20-17(10)18(13-4-6-14(21)7-5-13)23-16(8-15(27)9-22)19-25-24-12(3)26(19)20/h5-12,14,24H,13,15H2,1-4H3;4-7,16H,8-9,22H2,1-3H3/t24-;16-/m00/s1. The molecule has 0 aliphatic carbocycles. The van der Waals surface area contributed by atoms with E-state index in [-0.39, 0.29) is 37.5 Å². The number of aromatic nitrogens is 6. The predicted molar refractivity (Wildman–Crippen MR) is 259 cm³/mol. The van der Waals surface area contributed by atoms with E-state index in [9.17, 15) is 9.59 Å². The first-order valence-corrected chi connectivity index (χ1v) is 23.1. The van der Waals surface area contributed by atoms with Crippen LogP contribution in [0, 0.1) is 48.5 Å². The predicted octanol–water partition coefficient (Wildman–Crippen LogP) is 9.90. The van der Waals surface area contributed by atoms with Gasteiger partial charge in [0.05, 0.1) is 24.5 Å². The molecule has 12 nitrogen and oxygen atoms in total. The molecule has 2 N–H and O–H groups in total. The molecule has 0 saturated heterocycles. The van der Waals surface area contributed by atoms with E-state index in [0.717, 1.165) is 66.5 Å².